The highest BCUT2D eigenvalue weighted by Crippen LogP contribution is 2.29. The van der Waals surface area contributed by atoms with Gasteiger partial charge >= 0.3 is 5.97 Å². The van der Waals surface area contributed by atoms with Gasteiger partial charge in [0.2, 0.25) is 5.91 Å². The molecule has 0 saturated heterocycles. The quantitative estimate of drug-likeness (QED) is 0.0379. The number of nitrogens with zero attached hydrogens (tertiary/aromatic N) is 1. The summed E-state index contributed by atoms with van der Waals surface area (Å²) < 4.78 is 0. The SMILES string of the molecule is CCCCCCC/C=C(\C)C(CCCCCCC(=O)O)C(=O)N(CCCCCCCCCCCCCCCC)CC(C)(Cl)CCCCCCCCCCCCC. The number of hydrogen-bond donors (Lipinski definition) is 1. The number of unbranched alkanes of at least 4 members (excludes halogenated alkanes) is 31. The first kappa shape index (κ1) is 55.0. The van der Waals surface area contributed by atoms with Gasteiger partial charge in [0.25, 0.3) is 0 Å². The number of amides is 1. The van der Waals surface area contributed by atoms with Gasteiger partial charge in [-0.1, -0.05) is 231 Å². The summed E-state index contributed by atoms with van der Waals surface area (Å²) in [5.41, 5.74) is 1.23. The molecule has 0 fully saturated rings. The molecule has 0 aliphatic heterocycles. The molecule has 56 heavy (non-hydrogen) atoms. The Hall–Kier alpha value is -1.03. The van der Waals surface area contributed by atoms with Gasteiger partial charge in [-0.25, -0.2) is 0 Å². The van der Waals surface area contributed by atoms with E-state index in [4.69, 9.17) is 16.7 Å². The Kier molecular flexibility index (Phi) is 40.0. The van der Waals surface area contributed by atoms with Crippen molar-refractivity contribution in [1.29, 1.82) is 0 Å². The Morgan fingerprint density at radius 3 is 1.38 bits per heavy atom. The highest BCUT2D eigenvalue weighted by atomic mass is 35.5. The van der Waals surface area contributed by atoms with Crippen LogP contribution in [0, 0.1) is 5.92 Å². The minimum Gasteiger partial charge on any atom is -0.481 e. The minimum atomic E-state index is -0.716. The zero-order valence-corrected chi connectivity index (χ0v) is 39.3. The second-order valence-electron chi connectivity index (χ2n) is 18.1. The van der Waals surface area contributed by atoms with Crippen molar-refractivity contribution in [2.24, 2.45) is 5.92 Å². The zero-order chi connectivity index (χ0) is 41.4. The number of alkyl halides is 1. The van der Waals surface area contributed by atoms with Crippen molar-refractivity contribution < 1.29 is 14.7 Å². The smallest absolute Gasteiger partial charge is 0.303 e. The van der Waals surface area contributed by atoms with E-state index in [1.165, 1.54) is 185 Å². The van der Waals surface area contributed by atoms with Gasteiger partial charge in [-0.15, -0.1) is 11.6 Å². The lowest BCUT2D eigenvalue weighted by atomic mass is 9.90. The van der Waals surface area contributed by atoms with E-state index < -0.39 is 10.8 Å². The average Bonchev–Trinajstić information content (AvgIpc) is 3.17. The average molecular weight is 809 g/mol. The van der Waals surface area contributed by atoms with Crippen LogP contribution in [0.5, 0.6) is 0 Å². The summed E-state index contributed by atoms with van der Waals surface area (Å²) in [6.07, 6.45) is 48.6. The van der Waals surface area contributed by atoms with Crippen molar-refractivity contribution in [1.82, 2.24) is 4.90 Å². The van der Waals surface area contributed by atoms with Gasteiger partial charge in [0.05, 0.1) is 10.8 Å². The van der Waals surface area contributed by atoms with E-state index in [9.17, 15) is 9.59 Å². The molecule has 0 radical (unpaired) electrons. The molecule has 0 aliphatic carbocycles. The molecule has 0 aromatic rings. The second-order valence-corrected chi connectivity index (χ2v) is 19.0. The molecule has 0 bridgehead atoms. The Balaban J connectivity index is 5.28. The normalized spacial score (nSPS) is 13.6. The van der Waals surface area contributed by atoms with Crippen molar-refractivity contribution in [3.05, 3.63) is 11.6 Å². The molecule has 0 aromatic heterocycles. The summed E-state index contributed by atoms with van der Waals surface area (Å²) in [4.78, 5) is 27.4. The van der Waals surface area contributed by atoms with Gasteiger partial charge in [0.1, 0.15) is 0 Å². The Bertz CT molecular complexity index is 902. The molecule has 4 nitrogen and oxygen atoms in total. The maximum atomic E-state index is 14.6. The molecule has 5 heteroatoms. The minimum absolute atomic E-state index is 0.105. The van der Waals surface area contributed by atoms with Crippen LogP contribution < -0.4 is 0 Å². The fourth-order valence-electron chi connectivity index (χ4n) is 8.36. The first-order valence-corrected chi connectivity index (χ1v) is 25.4. The number of carboxylic acid groups (broad SMARTS) is 1. The van der Waals surface area contributed by atoms with Gasteiger partial charge in [-0.2, -0.15) is 0 Å². The molecule has 0 heterocycles. The molecule has 1 N–H and O–H groups in total. The number of hydrogen-bond acceptors (Lipinski definition) is 2. The van der Waals surface area contributed by atoms with E-state index in [0.29, 0.717) is 6.54 Å². The van der Waals surface area contributed by atoms with Crippen molar-refractivity contribution >= 4 is 23.5 Å². The van der Waals surface area contributed by atoms with Gasteiger partial charge < -0.3 is 10.0 Å². The highest BCUT2D eigenvalue weighted by molar-refractivity contribution is 6.24. The summed E-state index contributed by atoms with van der Waals surface area (Å²) in [7, 11) is 0. The maximum absolute atomic E-state index is 14.6. The number of rotatable bonds is 44. The third-order valence-corrected chi connectivity index (χ3v) is 12.5. The van der Waals surface area contributed by atoms with Gasteiger partial charge in [0, 0.05) is 19.5 Å². The van der Waals surface area contributed by atoms with Gasteiger partial charge in [-0.05, 0) is 52.4 Å². The number of halogens is 1. The maximum Gasteiger partial charge on any atom is 0.303 e. The zero-order valence-electron chi connectivity index (χ0n) is 38.5. The summed E-state index contributed by atoms with van der Waals surface area (Å²) in [6, 6.07) is 0. The summed E-state index contributed by atoms with van der Waals surface area (Å²) in [5.74, 6) is -0.547. The van der Waals surface area contributed by atoms with E-state index in [-0.39, 0.29) is 18.2 Å². The Morgan fingerprint density at radius 2 is 0.929 bits per heavy atom. The Morgan fingerprint density at radius 1 is 0.554 bits per heavy atom. The van der Waals surface area contributed by atoms with E-state index in [1.54, 1.807) is 0 Å². The predicted octanol–water partition coefficient (Wildman–Crippen LogP) is 17.3. The monoisotopic (exact) mass is 808 g/mol. The van der Waals surface area contributed by atoms with E-state index in [1.807, 2.05) is 0 Å². The molecule has 332 valence electrons. The summed E-state index contributed by atoms with van der Waals surface area (Å²) in [5, 5.41) is 9.08. The third-order valence-electron chi connectivity index (χ3n) is 12.2. The van der Waals surface area contributed by atoms with Gasteiger partial charge in [0.15, 0.2) is 0 Å². The van der Waals surface area contributed by atoms with Crippen LogP contribution >= 0.6 is 11.6 Å². The largest absolute Gasteiger partial charge is 0.481 e. The van der Waals surface area contributed by atoms with E-state index in [0.717, 1.165) is 64.3 Å². The van der Waals surface area contributed by atoms with Crippen LogP contribution in [0.3, 0.4) is 0 Å². The van der Waals surface area contributed by atoms with Crippen LogP contribution in [-0.4, -0.2) is 39.8 Å². The molecule has 0 saturated carbocycles. The number of carbonyl (C=O) groups excluding carboxylic acids is 1. The molecule has 0 rings (SSSR count). The van der Waals surface area contributed by atoms with Crippen LogP contribution in [-0.2, 0) is 9.59 Å². The fourth-order valence-corrected chi connectivity index (χ4v) is 8.64. The van der Waals surface area contributed by atoms with Crippen LogP contribution in [0.1, 0.15) is 279 Å². The molecule has 0 aliphatic rings. The van der Waals surface area contributed by atoms with Crippen LogP contribution in [0.25, 0.3) is 0 Å². The topological polar surface area (TPSA) is 57.6 Å². The molecule has 0 aromatic carbocycles. The van der Waals surface area contributed by atoms with Gasteiger partial charge in [-0.3, -0.25) is 9.59 Å². The van der Waals surface area contributed by atoms with E-state index in [2.05, 4.69) is 45.6 Å². The first-order valence-electron chi connectivity index (χ1n) is 25.0. The molecule has 1 amide bonds. The standard InChI is InChI=1S/C51H98ClNO3/c1-6-9-12-15-18-20-22-23-24-26-28-30-35-40-45-53(46-51(5,52)44-39-34-29-27-25-21-19-16-13-10-7-2)50(56)48(42-37-32-33-38-43-49(54)55)47(4)41-36-31-17-14-11-8-3/h41,48H,6-40,42-46H2,1-5H3,(H,54,55)/b47-41+. The lowest BCUT2D eigenvalue weighted by Gasteiger charge is -2.34. The van der Waals surface area contributed by atoms with Crippen LogP contribution in [0.2, 0.25) is 0 Å². The highest BCUT2D eigenvalue weighted by Gasteiger charge is 2.31. The molecule has 2 atom stereocenters. The van der Waals surface area contributed by atoms with Crippen LogP contribution in [0.4, 0.5) is 0 Å². The molecular formula is C51H98ClNO3. The predicted molar refractivity (Wildman–Crippen MR) is 248 cm³/mol. The summed E-state index contributed by atoms with van der Waals surface area (Å²) >= 11 is 7.32. The first-order chi connectivity index (χ1) is 27.2. The second kappa shape index (κ2) is 40.7. The number of carboxylic acids is 1. The number of aliphatic carboxylic acids is 1. The number of carbonyl (C=O) groups is 2. The van der Waals surface area contributed by atoms with Crippen molar-refractivity contribution in [2.75, 3.05) is 13.1 Å². The number of allylic oxidation sites excluding steroid dienone is 1. The Labute approximate surface area is 355 Å². The summed E-state index contributed by atoms with van der Waals surface area (Å²) in [6.45, 7) is 12.6. The molecule has 2 unspecified atom stereocenters. The van der Waals surface area contributed by atoms with Crippen LogP contribution in [0.15, 0.2) is 11.6 Å². The molecule has 0 spiro atoms. The van der Waals surface area contributed by atoms with Crippen molar-refractivity contribution in [2.45, 2.75) is 283 Å². The molecular weight excluding hydrogens is 710 g/mol. The third kappa shape index (κ3) is 36.1. The van der Waals surface area contributed by atoms with Crippen molar-refractivity contribution in [3.63, 3.8) is 0 Å². The lowest BCUT2D eigenvalue weighted by Crippen LogP contribution is -2.44. The fraction of sp³-hybridized carbons (Fsp3) is 0.922. The van der Waals surface area contributed by atoms with E-state index >= 15 is 0 Å². The lowest BCUT2D eigenvalue weighted by molar-refractivity contribution is -0.137. The van der Waals surface area contributed by atoms with Crippen molar-refractivity contribution in [3.8, 4) is 0 Å².